The summed E-state index contributed by atoms with van der Waals surface area (Å²) in [5, 5.41) is 2.53. The Morgan fingerprint density at radius 2 is 1.48 bits per heavy atom. The number of amides is 5. The van der Waals surface area contributed by atoms with Gasteiger partial charge in [-0.2, -0.15) is 0 Å². The molecule has 33 heavy (non-hydrogen) atoms. The second-order valence-electron chi connectivity index (χ2n) is 9.51. The van der Waals surface area contributed by atoms with Crippen LogP contribution in [0.5, 0.6) is 0 Å². The number of fused-ring (bicyclic) bond motifs is 1. The van der Waals surface area contributed by atoms with Crippen LogP contribution in [0.1, 0.15) is 57.8 Å². The summed E-state index contributed by atoms with van der Waals surface area (Å²) in [6.45, 7) is 1.63. The summed E-state index contributed by atoms with van der Waals surface area (Å²) >= 11 is 0. The number of likely N-dealkylation sites (tertiary alicyclic amines) is 1. The second kappa shape index (κ2) is 10.5. The van der Waals surface area contributed by atoms with E-state index in [9.17, 15) is 14.4 Å². The average Bonchev–Trinajstić information content (AvgIpc) is 2.89. The van der Waals surface area contributed by atoms with E-state index >= 15 is 0 Å². The molecule has 1 aliphatic carbocycles. The maximum absolute atomic E-state index is 13.7. The van der Waals surface area contributed by atoms with Gasteiger partial charge >= 0.3 is 12.1 Å². The third kappa shape index (κ3) is 5.00. The molecule has 0 aromatic heterocycles. The number of carbonyl (C=O) groups excluding carboxylic acids is 3. The summed E-state index contributed by atoms with van der Waals surface area (Å²) in [4.78, 5) is 45.9. The summed E-state index contributed by atoms with van der Waals surface area (Å²) in [5.41, 5.74) is 1.43. The summed E-state index contributed by atoms with van der Waals surface area (Å²) in [7, 11) is 3.17. The van der Waals surface area contributed by atoms with Crippen molar-refractivity contribution in [1.82, 2.24) is 15.1 Å². The maximum Gasteiger partial charge on any atom is 0.333 e. The number of rotatable bonds is 4. The zero-order chi connectivity index (χ0) is 23.4. The first kappa shape index (κ1) is 23.5. The number of likely N-dealkylation sites (N-methyl/N-ethyl adjacent to an activating group) is 1. The van der Waals surface area contributed by atoms with Crippen molar-refractivity contribution in [3.63, 3.8) is 0 Å². The Labute approximate surface area is 196 Å². The molecule has 2 aliphatic heterocycles. The van der Waals surface area contributed by atoms with E-state index in [2.05, 4.69) is 10.2 Å². The molecule has 8 nitrogen and oxygen atoms in total. The van der Waals surface area contributed by atoms with Crippen LogP contribution in [0.25, 0.3) is 0 Å². The number of benzene rings is 1. The van der Waals surface area contributed by atoms with Crippen molar-refractivity contribution >= 4 is 29.3 Å². The van der Waals surface area contributed by atoms with E-state index in [1.165, 1.54) is 56.9 Å². The molecule has 0 spiro atoms. The minimum Gasteiger partial charge on any atom is -0.358 e. The molecule has 180 valence electrons. The molecule has 0 atom stereocenters. The van der Waals surface area contributed by atoms with Crippen LogP contribution in [0.2, 0.25) is 0 Å². The van der Waals surface area contributed by atoms with Gasteiger partial charge < -0.3 is 10.2 Å². The van der Waals surface area contributed by atoms with E-state index in [4.69, 9.17) is 0 Å². The number of hydrogen-bond donors (Lipinski definition) is 1. The zero-order valence-corrected chi connectivity index (χ0v) is 20.0. The van der Waals surface area contributed by atoms with Crippen molar-refractivity contribution in [2.45, 2.75) is 69.9 Å². The number of nitrogens with zero attached hydrogens (tertiary/aromatic N) is 4. The molecular formula is C25H37N5O3. The Balaban J connectivity index is 1.56. The fourth-order valence-electron chi connectivity index (χ4n) is 5.57. The van der Waals surface area contributed by atoms with Crippen LogP contribution in [0.15, 0.2) is 24.3 Å². The van der Waals surface area contributed by atoms with Gasteiger partial charge in [0, 0.05) is 39.3 Å². The van der Waals surface area contributed by atoms with E-state index < -0.39 is 12.1 Å². The van der Waals surface area contributed by atoms with Crippen LogP contribution in [-0.2, 0) is 4.79 Å². The standard InChI is InChI=1S/C25H37N5O3/c1-26-23(31)18-29-24(32)27(2)21-12-8-9-13-22(21)30(25(29)33)20-14-16-28(17-15-20)19-10-6-4-3-5-7-11-19/h8-9,12-13,19-20H,3-7,10-11,14-18H2,1-2H3,(H,26,31). The second-order valence-corrected chi connectivity index (χ2v) is 9.51. The minimum absolute atomic E-state index is 0.00468. The summed E-state index contributed by atoms with van der Waals surface area (Å²) in [5.74, 6) is -0.366. The number of nitrogens with one attached hydrogen (secondary N) is 1. The van der Waals surface area contributed by atoms with Crippen LogP contribution in [0.3, 0.4) is 0 Å². The van der Waals surface area contributed by atoms with Crippen molar-refractivity contribution in [1.29, 1.82) is 0 Å². The highest BCUT2D eigenvalue weighted by molar-refractivity contribution is 6.14. The van der Waals surface area contributed by atoms with Gasteiger partial charge in [0.15, 0.2) is 0 Å². The number of carbonyl (C=O) groups is 3. The third-order valence-electron chi connectivity index (χ3n) is 7.49. The first-order valence-electron chi connectivity index (χ1n) is 12.4. The van der Waals surface area contributed by atoms with Crippen LogP contribution in [0.4, 0.5) is 21.0 Å². The highest BCUT2D eigenvalue weighted by Gasteiger charge is 2.41. The van der Waals surface area contributed by atoms with Gasteiger partial charge in [-0.25, -0.2) is 14.5 Å². The molecule has 1 saturated carbocycles. The van der Waals surface area contributed by atoms with Gasteiger partial charge in [0.25, 0.3) is 0 Å². The number of anilines is 2. The van der Waals surface area contributed by atoms with E-state index in [0.717, 1.165) is 36.5 Å². The molecule has 4 rings (SSSR count). The lowest BCUT2D eigenvalue weighted by Crippen LogP contribution is -2.56. The van der Waals surface area contributed by atoms with Crippen LogP contribution >= 0.6 is 0 Å². The average molecular weight is 456 g/mol. The lowest BCUT2D eigenvalue weighted by molar-refractivity contribution is -0.120. The lowest BCUT2D eigenvalue weighted by Gasteiger charge is -2.42. The van der Waals surface area contributed by atoms with Gasteiger partial charge in [-0.15, -0.1) is 0 Å². The lowest BCUT2D eigenvalue weighted by atomic mass is 9.93. The molecule has 2 fully saturated rings. The summed E-state index contributed by atoms with van der Waals surface area (Å²) in [6, 6.07) is 7.29. The minimum atomic E-state index is -0.481. The van der Waals surface area contributed by atoms with Gasteiger partial charge in [0.2, 0.25) is 5.91 Å². The fraction of sp³-hybridized carbons (Fsp3) is 0.640. The Kier molecular flexibility index (Phi) is 7.53. The number of hydrogen-bond acceptors (Lipinski definition) is 4. The number of piperidine rings is 1. The van der Waals surface area contributed by atoms with Gasteiger partial charge in [-0.1, -0.05) is 44.2 Å². The van der Waals surface area contributed by atoms with Crippen molar-refractivity contribution in [2.24, 2.45) is 0 Å². The Morgan fingerprint density at radius 3 is 2.12 bits per heavy atom. The molecule has 0 unspecified atom stereocenters. The normalized spacial score (nSPS) is 21.9. The molecule has 1 N–H and O–H groups in total. The predicted molar refractivity (Wildman–Crippen MR) is 130 cm³/mol. The SMILES string of the molecule is CNC(=O)CN1C(=O)N(C)c2ccccc2N(C2CCN(C3CCCCCCC3)CC2)C1=O. The smallest absolute Gasteiger partial charge is 0.333 e. The molecule has 8 heteroatoms. The Morgan fingerprint density at radius 1 is 0.879 bits per heavy atom. The predicted octanol–water partition coefficient (Wildman–Crippen LogP) is 3.81. The van der Waals surface area contributed by atoms with Crippen LogP contribution < -0.4 is 15.1 Å². The van der Waals surface area contributed by atoms with Gasteiger partial charge in [-0.05, 0) is 37.8 Å². The number of imide groups is 1. The highest BCUT2D eigenvalue weighted by Crippen LogP contribution is 2.37. The molecule has 0 bridgehead atoms. The van der Waals surface area contributed by atoms with Crippen LogP contribution in [0, 0.1) is 0 Å². The van der Waals surface area contributed by atoms with E-state index in [0.29, 0.717) is 11.7 Å². The number of para-hydroxylation sites is 2. The van der Waals surface area contributed by atoms with Gasteiger partial charge in [0.1, 0.15) is 6.54 Å². The molecule has 1 aromatic carbocycles. The third-order valence-corrected chi connectivity index (χ3v) is 7.49. The first-order chi connectivity index (χ1) is 16.0. The monoisotopic (exact) mass is 455 g/mol. The zero-order valence-electron chi connectivity index (χ0n) is 20.0. The molecular weight excluding hydrogens is 418 g/mol. The van der Waals surface area contributed by atoms with E-state index in [1.54, 1.807) is 11.9 Å². The molecule has 2 heterocycles. The molecule has 5 amide bonds. The van der Waals surface area contributed by atoms with Crippen LogP contribution in [-0.4, -0.2) is 73.6 Å². The number of urea groups is 2. The van der Waals surface area contributed by atoms with Crippen molar-refractivity contribution in [2.75, 3.05) is 43.5 Å². The molecule has 1 aromatic rings. The maximum atomic E-state index is 13.7. The summed E-state index contributed by atoms with van der Waals surface area (Å²) < 4.78 is 0. The molecule has 3 aliphatic rings. The largest absolute Gasteiger partial charge is 0.358 e. The van der Waals surface area contributed by atoms with E-state index in [-0.39, 0.29) is 18.5 Å². The van der Waals surface area contributed by atoms with E-state index in [1.807, 2.05) is 24.3 Å². The van der Waals surface area contributed by atoms with Crippen molar-refractivity contribution < 1.29 is 14.4 Å². The Hall–Kier alpha value is -2.61. The first-order valence-corrected chi connectivity index (χ1v) is 12.4. The highest BCUT2D eigenvalue weighted by atomic mass is 16.2. The molecule has 1 saturated heterocycles. The molecule has 0 radical (unpaired) electrons. The Bertz CT molecular complexity index is 859. The van der Waals surface area contributed by atoms with Crippen molar-refractivity contribution in [3.05, 3.63) is 24.3 Å². The van der Waals surface area contributed by atoms with Gasteiger partial charge in [0.05, 0.1) is 11.4 Å². The summed E-state index contributed by atoms with van der Waals surface area (Å²) in [6.07, 6.45) is 10.9. The fourth-order valence-corrected chi connectivity index (χ4v) is 5.57. The van der Waals surface area contributed by atoms with Crippen molar-refractivity contribution in [3.8, 4) is 0 Å². The quantitative estimate of drug-likeness (QED) is 0.749. The topological polar surface area (TPSA) is 76.2 Å². The van der Waals surface area contributed by atoms with Gasteiger partial charge in [-0.3, -0.25) is 14.6 Å².